The van der Waals surface area contributed by atoms with E-state index in [1.807, 2.05) is 18.2 Å². The monoisotopic (exact) mass is 629 g/mol. The van der Waals surface area contributed by atoms with Crippen molar-refractivity contribution in [1.82, 2.24) is 0 Å². The summed E-state index contributed by atoms with van der Waals surface area (Å²) in [4.78, 5) is 2.39. The number of anilines is 3. The van der Waals surface area contributed by atoms with Crippen molar-refractivity contribution in [2.45, 2.75) is 19.3 Å². The first-order chi connectivity index (χ1) is 24.1. The summed E-state index contributed by atoms with van der Waals surface area (Å²) in [6.45, 7) is 13.1. The Morgan fingerprint density at radius 2 is 1.16 bits per heavy atom. The minimum atomic E-state index is -0.426. The lowest BCUT2D eigenvalue weighted by Gasteiger charge is -2.34. The molecule has 9 rings (SSSR count). The summed E-state index contributed by atoms with van der Waals surface area (Å²) < 4.78 is 6.70. The zero-order chi connectivity index (χ0) is 33.3. The lowest BCUT2D eigenvalue weighted by atomic mass is 9.69. The molecular formula is C47H35NO. The van der Waals surface area contributed by atoms with Gasteiger partial charge in [0.2, 0.25) is 0 Å². The molecule has 7 aromatic rings. The average molecular weight is 630 g/mol. The molecule has 1 atom stereocenters. The largest absolute Gasteiger partial charge is 0.454 e. The number of benzene rings is 6. The summed E-state index contributed by atoms with van der Waals surface area (Å²) in [6.07, 6.45) is 4.05. The highest BCUT2D eigenvalue weighted by molar-refractivity contribution is 6.11. The molecule has 49 heavy (non-hydrogen) atoms. The number of hydrogen-bond acceptors (Lipinski definition) is 2. The maximum atomic E-state index is 6.70. The van der Waals surface area contributed by atoms with Crippen LogP contribution in [0.25, 0.3) is 44.2 Å². The van der Waals surface area contributed by atoms with Crippen molar-refractivity contribution in [3.05, 3.63) is 198 Å². The van der Waals surface area contributed by atoms with E-state index in [9.17, 15) is 0 Å². The molecule has 0 fully saturated rings. The van der Waals surface area contributed by atoms with E-state index in [2.05, 4.69) is 165 Å². The normalized spacial score (nSPS) is 16.4. The molecule has 1 heterocycles. The molecule has 0 N–H and O–H groups in total. The second-order valence-electron chi connectivity index (χ2n) is 13.0. The van der Waals surface area contributed by atoms with Gasteiger partial charge in [0.05, 0.1) is 16.8 Å². The molecule has 0 bridgehead atoms. The lowest BCUT2D eigenvalue weighted by Crippen LogP contribution is -2.27. The summed E-state index contributed by atoms with van der Waals surface area (Å²) in [5.41, 5.74) is 16.8. The van der Waals surface area contributed by atoms with Crippen LogP contribution in [0.5, 0.6) is 0 Å². The third-order valence-corrected chi connectivity index (χ3v) is 10.8. The van der Waals surface area contributed by atoms with E-state index < -0.39 is 5.41 Å². The van der Waals surface area contributed by atoms with E-state index in [1.54, 1.807) is 0 Å². The molecule has 1 unspecified atom stereocenters. The molecule has 6 aromatic carbocycles. The summed E-state index contributed by atoms with van der Waals surface area (Å²) in [7, 11) is 0. The first-order valence-corrected chi connectivity index (χ1v) is 16.8. The number of para-hydroxylation sites is 3. The predicted molar refractivity (Wildman–Crippen MR) is 207 cm³/mol. The van der Waals surface area contributed by atoms with Gasteiger partial charge in [0.15, 0.2) is 5.58 Å². The first kappa shape index (κ1) is 29.1. The summed E-state index contributed by atoms with van der Waals surface area (Å²) >= 11 is 0. The van der Waals surface area contributed by atoms with Gasteiger partial charge in [0, 0.05) is 22.0 Å². The molecule has 0 saturated carbocycles. The van der Waals surface area contributed by atoms with Crippen LogP contribution in [0.15, 0.2) is 180 Å². The Morgan fingerprint density at radius 1 is 0.551 bits per heavy atom. The summed E-state index contributed by atoms with van der Waals surface area (Å²) in [5.74, 6) is 0. The van der Waals surface area contributed by atoms with Crippen LogP contribution in [0.3, 0.4) is 0 Å². The molecule has 1 spiro atoms. The van der Waals surface area contributed by atoms with E-state index in [0.717, 1.165) is 50.1 Å². The van der Waals surface area contributed by atoms with E-state index in [0.29, 0.717) is 0 Å². The second-order valence-corrected chi connectivity index (χ2v) is 13.0. The minimum absolute atomic E-state index is 0.426. The Bertz CT molecular complexity index is 2560. The molecule has 234 valence electrons. The smallest absolute Gasteiger partial charge is 0.159 e. The van der Waals surface area contributed by atoms with Gasteiger partial charge in [-0.2, -0.15) is 0 Å². The van der Waals surface area contributed by atoms with Crippen LogP contribution in [-0.4, -0.2) is 0 Å². The van der Waals surface area contributed by atoms with Crippen LogP contribution in [0.4, 0.5) is 17.1 Å². The molecule has 1 aromatic heterocycles. The van der Waals surface area contributed by atoms with E-state index in [-0.39, 0.29) is 0 Å². The van der Waals surface area contributed by atoms with Crippen LogP contribution in [0, 0.1) is 0 Å². The summed E-state index contributed by atoms with van der Waals surface area (Å²) in [5, 5.41) is 2.21. The topological polar surface area (TPSA) is 16.4 Å². The second kappa shape index (κ2) is 11.0. The third kappa shape index (κ3) is 3.95. The number of fused-ring (bicyclic) bond motifs is 7. The van der Waals surface area contributed by atoms with Gasteiger partial charge < -0.3 is 9.32 Å². The molecule has 0 amide bonds. The predicted octanol–water partition coefficient (Wildman–Crippen LogP) is 13.0. The fourth-order valence-corrected chi connectivity index (χ4v) is 8.68. The van der Waals surface area contributed by atoms with Gasteiger partial charge >= 0.3 is 0 Å². The van der Waals surface area contributed by atoms with Crippen molar-refractivity contribution >= 4 is 50.1 Å². The number of hydrogen-bond donors (Lipinski definition) is 0. The first-order valence-electron chi connectivity index (χ1n) is 16.8. The van der Waals surface area contributed by atoms with Crippen molar-refractivity contribution < 1.29 is 4.42 Å². The lowest BCUT2D eigenvalue weighted by molar-refractivity contribution is 0.669. The number of allylic oxidation sites excluding steroid dienone is 6. The highest BCUT2D eigenvalue weighted by Crippen LogP contribution is 2.61. The van der Waals surface area contributed by atoms with Crippen LogP contribution < -0.4 is 4.90 Å². The molecule has 2 heteroatoms. The van der Waals surface area contributed by atoms with E-state index in [4.69, 9.17) is 4.42 Å². The quantitative estimate of drug-likeness (QED) is 0.182. The molecular weight excluding hydrogens is 595 g/mol. The number of furan rings is 1. The Labute approximate surface area is 287 Å². The Kier molecular flexibility index (Phi) is 6.50. The van der Waals surface area contributed by atoms with Crippen molar-refractivity contribution in [3.8, 4) is 11.1 Å². The molecule has 2 aliphatic carbocycles. The SMILES string of the molecule is C=CC1=C(C)C2(C(C)=C(C=C)c3ccc(N(c4ccccc4-c4ccccc4)c4cccc5c4oc4ccccc45)cc32)c2ccccc21. The van der Waals surface area contributed by atoms with Gasteiger partial charge in [-0.25, -0.2) is 0 Å². The fraction of sp³-hybridized carbons (Fsp3) is 0.0638. The molecule has 0 radical (unpaired) electrons. The van der Waals surface area contributed by atoms with E-state index in [1.165, 1.54) is 44.5 Å². The van der Waals surface area contributed by atoms with Crippen molar-refractivity contribution in [2.75, 3.05) is 4.90 Å². The zero-order valence-electron chi connectivity index (χ0n) is 27.7. The fourth-order valence-electron chi connectivity index (χ4n) is 8.68. The minimum Gasteiger partial charge on any atom is -0.454 e. The Morgan fingerprint density at radius 3 is 1.94 bits per heavy atom. The van der Waals surface area contributed by atoms with Crippen molar-refractivity contribution in [2.24, 2.45) is 0 Å². The molecule has 0 saturated heterocycles. The standard InChI is InChI=1S/C47H35NO/c1-5-34-30(3)47(41-23-13-10-20-37(34)41)31(4)35(6-2)38-28-27-33(29-42(38)47)48(43-24-14-11-19-36(43)32-17-8-7-9-18-32)44-25-16-22-40-39-21-12-15-26-45(39)49-46(40)44/h5-29H,1-2H2,3-4H3. The van der Waals surface area contributed by atoms with Gasteiger partial charge in [-0.15, -0.1) is 0 Å². The molecule has 2 aliphatic rings. The maximum absolute atomic E-state index is 6.70. The Hall–Kier alpha value is -6.12. The van der Waals surface area contributed by atoms with Crippen LogP contribution in [0.2, 0.25) is 0 Å². The number of rotatable bonds is 6. The average Bonchev–Trinajstić information content (AvgIpc) is 3.74. The highest BCUT2D eigenvalue weighted by atomic mass is 16.3. The van der Waals surface area contributed by atoms with Crippen LogP contribution in [0.1, 0.15) is 36.1 Å². The van der Waals surface area contributed by atoms with Gasteiger partial charge in [0.25, 0.3) is 0 Å². The summed E-state index contributed by atoms with van der Waals surface area (Å²) in [6, 6.07) is 49.9. The number of nitrogens with zero attached hydrogens (tertiary/aromatic N) is 1. The van der Waals surface area contributed by atoms with Gasteiger partial charge in [-0.05, 0) is 94.3 Å². The molecule has 0 aliphatic heterocycles. The maximum Gasteiger partial charge on any atom is 0.159 e. The van der Waals surface area contributed by atoms with Gasteiger partial charge in [0.1, 0.15) is 5.58 Å². The van der Waals surface area contributed by atoms with Crippen molar-refractivity contribution in [1.29, 1.82) is 0 Å². The zero-order valence-corrected chi connectivity index (χ0v) is 27.7. The Balaban J connectivity index is 1.37. The van der Waals surface area contributed by atoms with Crippen LogP contribution in [-0.2, 0) is 5.41 Å². The van der Waals surface area contributed by atoms with Crippen LogP contribution >= 0.6 is 0 Å². The molecule has 2 nitrogen and oxygen atoms in total. The third-order valence-electron chi connectivity index (χ3n) is 10.8. The van der Waals surface area contributed by atoms with Gasteiger partial charge in [-0.3, -0.25) is 0 Å². The van der Waals surface area contributed by atoms with Crippen molar-refractivity contribution in [3.63, 3.8) is 0 Å². The van der Waals surface area contributed by atoms with E-state index >= 15 is 0 Å². The highest BCUT2D eigenvalue weighted by Gasteiger charge is 2.50. The van der Waals surface area contributed by atoms with Gasteiger partial charge in [-0.1, -0.05) is 135 Å².